The number of imidazole rings is 1. The lowest BCUT2D eigenvalue weighted by atomic mass is 10.1. The van der Waals surface area contributed by atoms with E-state index in [1.54, 1.807) is 13.4 Å². The molecule has 162 valence electrons. The van der Waals surface area contributed by atoms with Gasteiger partial charge in [0, 0.05) is 32.8 Å². The molecule has 2 atom stereocenters. The number of hydrogen-bond donors (Lipinski definition) is 2. The van der Waals surface area contributed by atoms with E-state index in [1.165, 1.54) is 5.56 Å². The summed E-state index contributed by atoms with van der Waals surface area (Å²) in [5, 5.41) is 2.88. The van der Waals surface area contributed by atoms with Crippen molar-refractivity contribution in [2.45, 2.75) is 25.1 Å². The van der Waals surface area contributed by atoms with Gasteiger partial charge in [0.25, 0.3) is 0 Å². The highest BCUT2D eigenvalue weighted by molar-refractivity contribution is 5.85. The van der Waals surface area contributed by atoms with Crippen molar-refractivity contribution in [2.75, 3.05) is 13.7 Å². The van der Waals surface area contributed by atoms with E-state index in [2.05, 4.69) is 22.4 Å². The molecule has 0 saturated carbocycles. The van der Waals surface area contributed by atoms with E-state index in [9.17, 15) is 4.79 Å². The number of amides is 1. The van der Waals surface area contributed by atoms with Gasteiger partial charge >= 0.3 is 0 Å². The minimum absolute atomic E-state index is 0. The van der Waals surface area contributed by atoms with Gasteiger partial charge in [0.15, 0.2) is 0 Å². The average Bonchev–Trinajstić information content (AvgIpc) is 3.16. The van der Waals surface area contributed by atoms with E-state index < -0.39 is 6.04 Å². The van der Waals surface area contributed by atoms with Crippen molar-refractivity contribution < 1.29 is 9.53 Å². The Morgan fingerprint density at radius 3 is 2.37 bits per heavy atom. The summed E-state index contributed by atoms with van der Waals surface area (Å²) in [4.78, 5) is 16.7. The van der Waals surface area contributed by atoms with Crippen LogP contribution >= 0.6 is 24.8 Å². The van der Waals surface area contributed by atoms with Crippen molar-refractivity contribution in [1.29, 1.82) is 0 Å². The van der Waals surface area contributed by atoms with Gasteiger partial charge in [-0.3, -0.25) is 4.79 Å². The van der Waals surface area contributed by atoms with Crippen LogP contribution in [0.5, 0.6) is 0 Å². The molecule has 1 amide bonds. The fourth-order valence-corrected chi connectivity index (χ4v) is 3.04. The number of nitrogens with zero attached hydrogens (tertiary/aromatic N) is 2. The molecule has 6 nitrogen and oxygen atoms in total. The maximum absolute atomic E-state index is 12.4. The fraction of sp³-hybridized carbons (Fsp3) is 0.273. The quantitative estimate of drug-likeness (QED) is 0.524. The molecule has 3 aromatic rings. The standard InChI is InChI=1S/C22H26N4O2.2ClH/c1-28-21(18-10-6-3-7-11-18)13-24-22(27)20(23)12-19-15-26(16-25-19)14-17-8-4-2-5-9-17;;/h2-11,15-16,20-21H,12-14,23H2,1H3,(H,24,27);2*1H/t20-,21?;;/m0../s1. The number of benzene rings is 2. The Morgan fingerprint density at radius 2 is 1.73 bits per heavy atom. The van der Waals surface area contributed by atoms with Gasteiger partial charge in [-0.05, 0) is 11.1 Å². The van der Waals surface area contributed by atoms with Crippen molar-refractivity contribution >= 4 is 30.7 Å². The molecule has 0 aliphatic rings. The molecule has 0 bridgehead atoms. The molecule has 0 fully saturated rings. The second-order valence-electron chi connectivity index (χ2n) is 6.71. The summed E-state index contributed by atoms with van der Waals surface area (Å²) < 4.78 is 7.47. The van der Waals surface area contributed by atoms with Crippen LogP contribution in [-0.4, -0.2) is 35.2 Å². The molecular weight excluding hydrogens is 423 g/mol. The van der Waals surface area contributed by atoms with Gasteiger partial charge in [0.1, 0.15) is 0 Å². The van der Waals surface area contributed by atoms with Gasteiger partial charge in [0.2, 0.25) is 5.91 Å². The number of rotatable bonds is 9. The predicted molar refractivity (Wildman–Crippen MR) is 123 cm³/mol. The minimum Gasteiger partial charge on any atom is -0.375 e. The highest BCUT2D eigenvalue weighted by Crippen LogP contribution is 2.15. The van der Waals surface area contributed by atoms with Crippen molar-refractivity contribution in [3.63, 3.8) is 0 Å². The Morgan fingerprint density at radius 1 is 1.10 bits per heavy atom. The van der Waals surface area contributed by atoms with Crippen molar-refractivity contribution in [3.8, 4) is 0 Å². The Kier molecular flexibility index (Phi) is 11.1. The number of methoxy groups -OCH3 is 1. The monoisotopic (exact) mass is 450 g/mol. The minimum atomic E-state index is -0.659. The highest BCUT2D eigenvalue weighted by Gasteiger charge is 2.18. The lowest BCUT2D eigenvalue weighted by Crippen LogP contribution is -2.43. The van der Waals surface area contributed by atoms with E-state index in [0.29, 0.717) is 13.0 Å². The van der Waals surface area contributed by atoms with Crippen LogP contribution in [0.1, 0.15) is 22.9 Å². The number of nitrogens with one attached hydrogen (secondary N) is 1. The predicted octanol–water partition coefficient (Wildman–Crippen LogP) is 3.15. The largest absolute Gasteiger partial charge is 0.375 e. The third kappa shape index (κ3) is 7.46. The van der Waals surface area contributed by atoms with E-state index in [1.807, 2.05) is 59.3 Å². The van der Waals surface area contributed by atoms with Crippen LogP contribution in [0, 0.1) is 0 Å². The third-order valence-electron chi connectivity index (χ3n) is 4.58. The Bertz CT molecular complexity index is 875. The number of carbonyl (C=O) groups excluding carboxylic acids is 1. The number of ether oxygens (including phenoxy) is 1. The summed E-state index contributed by atoms with van der Waals surface area (Å²) >= 11 is 0. The zero-order valence-electron chi connectivity index (χ0n) is 16.8. The Balaban J connectivity index is 0.00000225. The molecule has 8 heteroatoms. The molecular formula is C22H28Cl2N4O2. The maximum atomic E-state index is 12.4. The molecule has 0 saturated heterocycles. The van der Waals surface area contributed by atoms with Gasteiger partial charge < -0.3 is 20.4 Å². The highest BCUT2D eigenvalue weighted by atomic mass is 35.5. The number of carbonyl (C=O) groups is 1. The first-order valence-electron chi connectivity index (χ1n) is 9.31. The lowest BCUT2D eigenvalue weighted by molar-refractivity contribution is -0.122. The van der Waals surface area contributed by atoms with Gasteiger partial charge in [0.05, 0.1) is 24.2 Å². The Labute approximate surface area is 189 Å². The molecule has 30 heavy (non-hydrogen) atoms. The first-order valence-corrected chi connectivity index (χ1v) is 9.31. The summed E-state index contributed by atoms with van der Waals surface area (Å²) in [7, 11) is 1.63. The zero-order chi connectivity index (χ0) is 19.8. The maximum Gasteiger partial charge on any atom is 0.237 e. The zero-order valence-corrected chi connectivity index (χ0v) is 18.4. The molecule has 0 spiro atoms. The van der Waals surface area contributed by atoms with Gasteiger partial charge in [-0.15, -0.1) is 24.8 Å². The van der Waals surface area contributed by atoms with Crippen LogP contribution in [-0.2, 0) is 22.5 Å². The van der Waals surface area contributed by atoms with E-state index >= 15 is 0 Å². The smallest absolute Gasteiger partial charge is 0.237 e. The summed E-state index contributed by atoms with van der Waals surface area (Å²) in [6.07, 6.45) is 3.88. The Hall–Kier alpha value is -2.38. The first-order chi connectivity index (χ1) is 13.7. The SMILES string of the molecule is COC(CNC(=O)[C@@H](N)Cc1cn(Cc2ccccc2)cn1)c1ccccc1.Cl.Cl. The van der Waals surface area contributed by atoms with E-state index in [-0.39, 0.29) is 36.8 Å². The lowest BCUT2D eigenvalue weighted by Gasteiger charge is -2.18. The topological polar surface area (TPSA) is 82.2 Å². The van der Waals surface area contributed by atoms with Gasteiger partial charge in [-0.25, -0.2) is 4.98 Å². The number of aromatic nitrogens is 2. The summed E-state index contributed by atoms with van der Waals surface area (Å²) in [5.74, 6) is -0.212. The van der Waals surface area contributed by atoms with Crippen LogP contribution in [0.4, 0.5) is 0 Å². The van der Waals surface area contributed by atoms with Crippen LogP contribution in [0.25, 0.3) is 0 Å². The molecule has 3 rings (SSSR count). The average molecular weight is 451 g/mol. The molecule has 2 aromatic carbocycles. The number of halogens is 2. The molecule has 3 N–H and O–H groups in total. The van der Waals surface area contributed by atoms with Gasteiger partial charge in [-0.2, -0.15) is 0 Å². The van der Waals surface area contributed by atoms with Crippen LogP contribution in [0.15, 0.2) is 73.2 Å². The van der Waals surface area contributed by atoms with Crippen LogP contribution in [0.2, 0.25) is 0 Å². The van der Waals surface area contributed by atoms with Crippen molar-refractivity contribution in [3.05, 3.63) is 90.0 Å². The number of nitrogens with two attached hydrogens (primary N) is 1. The second-order valence-corrected chi connectivity index (χ2v) is 6.71. The third-order valence-corrected chi connectivity index (χ3v) is 4.58. The van der Waals surface area contributed by atoms with E-state index in [0.717, 1.165) is 17.8 Å². The fourth-order valence-electron chi connectivity index (χ4n) is 3.04. The summed E-state index contributed by atoms with van der Waals surface area (Å²) in [6, 6.07) is 19.3. The molecule has 1 unspecified atom stereocenters. The van der Waals surface area contributed by atoms with Crippen LogP contribution in [0.3, 0.4) is 0 Å². The normalized spacial score (nSPS) is 12.2. The van der Waals surface area contributed by atoms with Gasteiger partial charge in [-0.1, -0.05) is 60.7 Å². The summed E-state index contributed by atoms with van der Waals surface area (Å²) in [6.45, 7) is 1.11. The van der Waals surface area contributed by atoms with E-state index in [4.69, 9.17) is 10.5 Å². The second kappa shape index (κ2) is 13.0. The molecule has 1 aromatic heterocycles. The van der Waals surface area contributed by atoms with Crippen LogP contribution < -0.4 is 11.1 Å². The molecule has 0 aliphatic heterocycles. The molecule has 0 aliphatic carbocycles. The molecule has 1 heterocycles. The number of hydrogen-bond acceptors (Lipinski definition) is 4. The first kappa shape index (κ1) is 25.7. The summed E-state index contributed by atoms with van der Waals surface area (Å²) in [5.41, 5.74) is 9.08. The van der Waals surface area contributed by atoms with Crippen molar-refractivity contribution in [2.24, 2.45) is 5.73 Å². The molecule has 0 radical (unpaired) electrons. The van der Waals surface area contributed by atoms with Crippen molar-refractivity contribution in [1.82, 2.24) is 14.9 Å².